The number of nitrogens with two attached hydrogens (primary N) is 1. The molecule has 1 atom stereocenters. The van der Waals surface area contributed by atoms with Crippen molar-refractivity contribution < 1.29 is 4.92 Å². The van der Waals surface area contributed by atoms with Gasteiger partial charge in [-0.1, -0.05) is 12.1 Å². The van der Waals surface area contributed by atoms with E-state index >= 15 is 0 Å². The molecule has 0 saturated heterocycles. The number of hydrogen-bond donors (Lipinski definition) is 2. The van der Waals surface area contributed by atoms with Gasteiger partial charge in [-0.15, -0.1) is 0 Å². The van der Waals surface area contributed by atoms with Crippen molar-refractivity contribution in [3.05, 3.63) is 58.3 Å². The molecular formula is C13H14N4O2. The van der Waals surface area contributed by atoms with E-state index in [9.17, 15) is 10.1 Å². The molecule has 6 nitrogen and oxygen atoms in total. The van der Waals surface area contributed by atoms with Crippen molar-refractivity contribution in [2.75, 3.05) is 11.1 Å². The van der Waals surface area contributed by atoms with Crippen molar-refractivity contribution in [1.29, 1.82) is 0 Å². The molecule has 0 bridgehead atoms. The van der Waals surface area contributed by atoms with Crippen molar-refractivity contribution >= 4 is 17.2 Å². The Morgan fingerprint density at radius 2 is 2.00 bits per heavy atom. The van der Waals surface area contributed by atoms with E-state index < -0.39 is 4.92 Å². The highest BCUT2D eigenvalue weighted by molar-refractivity contribution is 5.58. The van der Waals surface area contributed by atoms with Crippen LogP contribution in [0.5, 0.6) is 0 Å². The van der Waals surface area contributed by atoms with E-state index in [-0.39, 0.29) is 11.9 Å². The Balaban J connectivity index is 2.21. The maximum Gasteiger partial charge on any atom is 0.386 e. The second-order valence-electron chi connectivity index (χ2n) is 4.16. The maximum absolute atomic E-state index is 10.9. The van der Waals surface area contributed by atoms with Gasteiger partial charge < -0.3 is 21.2 Å². The van der Waals surface area contributed by atoms with Crippen molar-refractivity contribution in [3.63, 3.8) is 0 Å². The lowest BCUT2D eigenvalue weighted by Crippen LogP contribution is -2.09. The van der Waals surface area contributed by atoms with Crippen LogP contribution in [0.4, 0.5) is 17.2 Å². The van der Waals surface area contributed by atoms with E-state index in [2.05, 4.69) is 10.3 Å². The standard InChI is InChI=1S/C13H14N4O2/c1-9(10-4-6-11(14)7-5-10)16-12-3-2-8-15-13(12)17(18)19/h2-9,16H,14H2,1H3. The van der Waals surface area contributed by atoms with Crippen LogP contribution in [0.2, 0.25) is 0 Å². The van der Waals surface area contributed by atoms with Crippen LogP contribution in [0.3, 0.4) is 0 Å². The quantitative estimate of drug-likeness (QED) is 0.499. The number of nitrogens with zero attached hydrogens (tertiary/aromatic N) is 2. The molecule has 0 aliphatic rings. The fourth-order valence-corrected chi connectivity index (χ4v) is 1.76. The van der Waals surface area contributed by atoms with Gasteiger partial charge in [-0.3, -0.25) is 0 Å². The van der Waals surface area contributed by atoms with Gasteiger partial charge >= 0.3 is 5.82 Å². The smallest absolute Gasteiger partial charge is 0.386 e. The van der Waals surface area contributed by atoms with Crippen LogP contribution in [0.1, 0.15) is 18.5 Å². The van der Waals surface area contributed by atoms with Crippen molar-refractivity contribution in [3.8, 4) is 0 Å². The molecule has 1 aromatic carbocycles. The highest BCUT2D eigenvalue weighted by atomic mass is 16.6. The number of nitrogens with one attached hydrogen (secondary N) is 1. The Morgan fingerprint density at radius 1 is 1.32 bits per heavy atom. The minimum absolute atomic E-state index is 0.0801. The van der Waals surface area contributed by atoms with Crippen molar-refractivity contribution in [1.82, 2.24) is 4.98 Å². The summed E-state index contributed by atoms with van der Waals surface area (Å²) < 4.78 is 0. The van der Waals surface area contributed by atoms with Crippen LogP contribution in [-0.2, 0) is 0 Å². The number of benzene rings is 1. The summed E-state index contributed by atoms with van der Waals surface area (Å²) in [5.41, 5.74) is 7.70. The first kappa shape index (κ1) is 12.8. The zero-order valence-corrected chi connectivity index (χ0v) is 10.4. The molecule has 2 aromatic rings. The fourth-order valence-electron chi connectivity index (χ4n) is 1.76. The van der Waals surface area contributed by atoms with Gasteiger partial charge in [0.25, 0.3) is 0 Å². The first-order valence-corrected chi connectivity index (χ1v) is 5.79. The van der Waals surface area contributed by atoms with E-state index in [1.807, 2.05) is 19.1 Å². The van der Waals surface area contributed by atoms with Crippen LogP contribution in [0.15, 0.2) is 42.6 Å². The summed E-state index contributed by atoms with van der Waals surface area (Å²) in [7, 11) is 0. The molecule has 1 unspecified atom stereocenters. The molecule has 6 heteroatoms. The maximum atomic E-state index is 10.9. The number of rotatable bonds is 4. The van der Waals surface area contributed by atoms with E-state index in [0.717, 1.165) is 5.56 Å². The van der Waals surface area contributed by atoms with Gasteiger partial charge in [-0.25, -0.2) is 0 Å². The van der Waals surface area contributed by atoms with Crippen LogP contribution < -0.4 is 11.1 Å². The predicted molar refractivity (Wildman–Crippen MR) is 73.8 cm³/mol. The molecule has 0 amide bonds. The minimum atomic E-state index is -0.502. The van der Waals surface area contributed by atoms with Gasteiger partial charge in [0, 0.05) is 11.7 Å². The van der Waals surface area contributed by atoms with Crippen molar-refractivity contribution in [2.45, 2.75) is 13.0 Å². The Morgan fingerprint density at radius 3 is 2.63 bits per heavy atom. The lowest BCUT2D eigenvalue weighted by Gasteiger charge is -2.15. The van der Waals surface area contributed by atoms with E-state index in [0.29, 0.717) is 11.4 Å². The zero-order valence-electron chi connectivity index (χ0n) is 10.4. The highest BCUT2D eigenvalue weighted by Crippen LogP contribution is 2.25. The minimum Gasteiger partial charge on any atom is -0.399 e. The third-order valence-electron chi connectivity index (χ3n) is 2.77. The van der Waals surface area contributed by atoms with Crippen LogP contribution in [-0.4, -0.2) is 9.91 Å². The number of aromatic nitrogens is 1. The molecule has 98 valence electrons. The summed E-state index contributed by atoms with van der Waals surface area (Å²) in [6.07, 6.45) is 1.40. The summed E-state index contributed by atoms with van der Waals surface area (Å²) in [4.78, 5) is 14.1. The molecule has 0 fully saturated rings. The van der Waals surface area contributed by atoms with Crippen molar-refractivity contribution in [2.24, 2.45) is 0 Å². The van der Waals surface area contributed by atoms with Gasteiger partial charge in [-0.2, -0.15) is 0 Å². The normalized spacial score (nSPS) is 11.8. The molecular weight excluding hydrogens is 244 g/mol. The summed E-state index contributed by atoms with van der Waals surface area (Å²) in [5.74, 6) is -0.176. The van der Waals surface area contributed by atoms with Gasteiger partial charge in [0.15, 0.2) is 0 Å². The molecule has 0 saturated carbocycles. The summed E-state index contributed by atoms with van der Waals surface area (Å²) in [6, 6.07) is 10.6. The largest absolute Gasteiger partial charge is 0.399 e. The van der Waals surface area contributed by atoms with Gasteiger partial charge in [0.2, 0.25) is 0 Å². The molecule has 3 N–H and O–H groups in total. The number of hydrogen-bond acceptors (Lipinski definition) is 5. The second kappa shape index (κ2) is 5.34. The number of nitrogen functional groups attached to an aromatic ring is 1. The highest BCUT2D eigenvalue weighted by Gasteiger charge is 2.16. The third-order valence-corrected chi connectivity index (χ3v) is 2.77. The van der Waals surface area contributed by atoms with Crippen LogP contribution in [0.25, 0.3) is 0 Å². The molecule has 0 aliphatic carbocycles. The molecule has 0 spiro atoms. The van der Waals surface area contributed by atoms with Gasteiger partial charge in [0.1, 0.15) is 11.9 Å². The fraction of sp³-hybridized carbons (Fsp3) is 0.154. The van der Waals surface area contributed by atoms with Gasteiger partial charge in [-0.05, 0) is 46.7 Å². The van der Waals surface area contributed by atoms with E-state index in [4.69, 9.17) is 5.73 Å². The van der Waals surface area contributed by atoms with Gasteiger partial charge in [0.05, 0.1) is 0 Å². The first-order chi connectivity index (χ1) is 9.08. The molecule has 19 heavy (non-hydrogen) atoms. The summed E-state index contributed by atoms with van der Waals surface area (Å²) in [5, 5.41) is 14.0. The number of pyridine rings is 1. The third kappa shape index (κ3) is 2.98. The molecule has 0 aliphatic heterocycles. The Bertz CT molecular complexity index is 583. The monoisotopic (exact) mass is 258 g/mol. The van der Waals surface area contributed by atoms with E-state index in [1.54, 1.807) is 24.3 Å². The molecule has 0 radical (unpaired) electrons. The van der Waals surface area contributed by atoms with E-state index in [1.165, 1.54) is 6.20 Å². The Hall–Kier alpha value is -2.63. The molecule has 2 rings (SSSR count). The lowest BCUT2D eigenvalue weighted by molar-refractivity contribution is -0.388. The second-order valence-corrected chi connectivity index (χ2v) is 4.16. The number of anilines is 2. The van der Waals surface area contributed by atoms with Crippen LogP contribution >= 0.6 is 0 Å². The number of nitro groups is 1. The molecule has 1 aromatic heterocycles. The summed E-state index contributed by atoms with van der Waals surface area (Å²) >= 11 is 0. The predicted octanol–water partition coefficient (Wildman–Crippen LogP) is 2.75. The van der Waals surface area contributed by atoms with Crippen LogP contribution in [0, 0.1) is 10.1 Å². The average Bonchev–Trinajstić information content (AvgIpc) is 2.39. The topological polar surface area (TPSA) is 94.1 Å². The SMILES string of the molecule is CC(Nc1cccnc1[N+](=O)[O-])c1ccc(N)cc1. The zero-order chi connectivity index (χ0) is 13.8. The average molecular weight is 258 g/mol. The molecule has 1 heterocycles. The summed E-state index contributed by atoms with van der Waals surface area (Å²) in [6.45, 7) is 1.92. The first-order valence-electron chi connectivity index (χ1n) is 5.79. The Labute approximate surface area is 110 Å². The lowest BCUT2D eigenvalue weighted by atomic mass is 10.1. The Kier molecular flexibility index (Phi) is 3.61.